The first kappa shape index (κ1) is 15.7. The van der Waals surface area contributed by atoms with Crippen molar-refractivity contribution in [2.24, 2.45) is 0 Å². The van der Waals surface area contributed by atoms with Gasteiger partial charge in [0.25, 0.3) is 5.91 Å². The third-order valence-electron chi connectivity index (χ3n) is 3.21. The molecule has 0 N–H and O–H groups in total. The van der Waals surface area contributed by atoms with Gasteiger partial charge in [-0.25, -0.2) is 4.39 Å². The Hall–Kier alpha value is -1.68. The normalized spacial score (nSPS) is 10.4. The molecule has 2 rings (SSSR count). The Labute approximate surface area is 132 Å². The van der Waals surface area contributed by atoms with E-state index in [4.69, 9.17) is 0 Å². The number of halogens is 2. The zero-order chi connectivity index (χ0) is 15.2. The van der Waals surface area contributed by atoms with Gasteiger partial charge in [0.2, 0.25) is 0 Å². The number of nitrogens with zero attached hydrogens (tertiary/aromatic N) is 1. The van der Waals surface area contributed by atoms with Gasteiger partial charge < -0.3 is 4.90 Å². The molecule has 0 aromatic heterocycles. The standard InChI is InChI=1S/C17H17BrFNO/c1-2-3-11-20(14-7-5-4-6-8-14)17(21)13-9-10-16(19)15(18)12-13/h4-10,12H,2-3,11H2,1H3. The molecule has 0 spiro atoms. The third kappa shape index (κ3) is 3.91. The van der Waals surface area contributed by atoms with Gasteiger partial charge in [0, 0.05) is 17.8 Å². The average Bonchev–Trinajstić information content (AvgIpc) is 2.51. The van der Waals surface area contributed by atoms with Crippen molar-refractivity contribution in [3.8, 4) is 0 Å². The van der Waals surface area contributed by atoms with Crippen LogP contribution in [0.25, 0.3) is 0 Å². The van der Waals surface area contributed by atoms with E-state index in [1.54, 1.807) is 4.90 Å². The predicted molar refractivity (Wildman–Crippen MR) is 87.1 cm³/mol. The van der Waals surface area contributed by atoms with E-state index in [-0.39, 0.29) is 11.7 Å². The third-order valence-corrected chi connectivity index (χ3v) is 3.82. The largest absolute Gasteiger partial charge is 0.308 e. The first-order chi connectivity index (χ1) is 10.1. The number of unbranched alkanes of at least 4 members (excludes halogenated alkanes) is 1. The van der Waals surface area contributed by atoms with E-state index in [1.807, 2.05) is 30.3 Å². The van der Waals surface area contributed by atoms with Gasteiger partial charge in [-0.1, -0.05) is 31.5 Å². The Morgan fingerprint density at radius 1 is 1.19 bits per heavy atom. The van der Waals surface area contributed by atoms with Crippen LogP contribution in [0.3, 0.4) is 0 Å². The molecular weight excluding hydrogens is 333 g/mol. The lowest BCUT2D eigenvalue weighted by atomic mass is 10.1. The van der Waals surface area contributed by atoms with Crippen LogP contribution in [0.15, 0.2) is 53.0 Å². The van der Waals surface area contributed by atoms with E-state index in [1.165, 1.54) is 18.2 Å². The summed E-state index contributed by atoms with van der Waals surface area (Å²) in [6, 6.07) is 13.9. The zero-order valence-electron chi connectivity index (χ0n) is 11.9. The fourth-order valence-electron chi connectivity index (χ4n) is 2.06. The SMILES string of the molecule is CCCCN(C(=O)c1ccc(F)c(Br)c1)c1ccccc1. The maximum atomic E-state index is 13.3. The van der Waals surface area contributed by atoms with E-state index < -0.39 is 0 Å². The Bertz CT molecular complexity index is 615. The summed E-state index contributed by atoms with van der Waals surface area (Å²) in [6.45, 7) is 2.73. The molecule has 2 nitrogen and oxygen atoms in total. The lowest BCUT2D eigenvalue weighted by Crippen LogP contribution is -2.31. The van der Waals surface area contributed by atoms with Crippen LogP contribution in [-0.2, 0) is 0 Å². The molecular formula is C17H17BrFNO. The van der Waals surface area contributed by atoms with Gasteiger partial charge in [-0.15, -0.1) is 0 Å². The summed E-state index contributed by atoms with van der Waals surface area (Å²) in [4.78, 5) is 14.4. The summed E-state index contributed by atoms with van der Waals surface area (Å²) < 4.78 is 13.6. The van der Waals surface area contributed by atoms with Crippen molar-refractivity contribution in [2.75, 3.05) is 11.4 Å². The second-order valence-electron chi connectivity index (χ2n) is 4.77. The van der Waals surface area contributed by atoms with Gasteiger partial charge >= 0.3 is 0 Å². The van der Waals surface area contributed by atoms with E-state index in [2.05, 4.69) is 22.9 Å². The van der Waals surface area contributed by atoms with Gasteiger partial charge in [0.15, 0.2) is 0 Å². The van der Waals surface area contributed by atoms with Crippen LogP contribution in [-0.4, -0.2) is 12.5 Å². The summed E-state index contributed by atoms with van der Waals surface area (Å²) in [5.74, 6) is -0.485. The quantitative estimate of drug-likeness (QED) is 0.740. The fourth-order valence-corrected chi connectivity index (χ4v) is 2.44. The molecule has 0 aliphatic heterocycles. The second-order valence-corrected chi connectivity index (χ2v) is 5.63. The Morgan fingerprint density at radius 3 is 2.52 bits per heavy atom. The number of rotatable bonds is 5. The van der Waals surface area contributed by atoms with Crippen LogP contribution in [0.5, 0.6) is 0 Å². The highest BCUT2D eigenvalue weighted by atomic mass is 79.9. The van der Waals surface area contributed by atoms with Gasteiger partial charge in [-0.3, -0.25) is 4.79 Å². The maximum Gasteiger partial charge on any atom is 0.258 e. The molecule has 110 valence electrons. The second kappa shape index (κ2) is 7.36. The molecule has 0 unspecified atom stereocenters. The van der Waals surface area contributed by atoms with Crippen molar-refractivity contribution in [2.45, 2.75) is 19.8 Å². The number of benzene rings is 2. The van der Waals surface area contributed by atoms with Crippen molar-refractivity contribution < 1.29 is 9.18 Å². The first-order valence-electron chi connectivity index (χ1n) is 6.95. The summed E-state index contributed by atoms with van der Waals surface area (Å²) in [7, 11) is 0. The summed E-state index contributed by atoms with van der Waals surface area (Å²) in [5.41, 5.74) is 1.33. The van der Waals surface area contributed by atoms with Crippen molar-refractivity contribution in [3.05, 3.63) is 64.4 Å². The topological polar surface area (TPSA) is 20.3 Å². The smallest absolute Gasteiger partial charge is 0.258 e. The highest BCUT2D eigenvalue weighted by Crippen LogP contribution is 2.21. The minimum absolute atomic E-state index is 0.115. The molecule has 0 heterocycles. The number of carbonyl (C=O) groups is 1. The van der Waals surface area contributed by atoms with Crippen molar-refractivity contribution >= 4 is 27.5 Å². The molecule has 0 aliphatic rings. The monoisotopic (exact) mass is 349 g/mol. The van der Waals surface area contributed by atoms with Crippen LogP contribution in [0.2, 0.25) is 0 Å². The number of carbonyl (C=O) groups excluding carboxylic acids is 1. The molecule has 0 atom stereocenters. The molecule has 0 fully saturated rings. The van der Waals surface area contributed by atoms with Crippen molar-refractivity contribution in [1.29, 1.82) is 0 Å². The molecule has 21 heavy (non-hydrogen) atoms. The van der Waals surface area contributed by atoms with Crippen LogP contribution < -0.4 is 4.90 Å². The van der Waals surface area contributed by atoms with E-state index in [0.29, 0.717) is 16.6 Å². The van der Waals surface area contributed by atoms with Crippen LogP contribution >= 0.6 is 15.9 Å². The number of hydrogen-bond acceptors (Lipinski definition) is 1. The van der Waals surface area contributed by atoms with E-state index in [9.17, 15) is 9.18 Å². The van der Waals surface area contributed by atoms with Crippen molar-refractivity contribution in [3.63, 3.8) is 0 Å². The molecule has 4 heteroatoms. The summed E-state index contributed by atoms with van der Waals surface area (Å²) in [6.07, 6.45) is 1.92. The van der Waals surface area contributed by atoms with E-state index in [0.717, 1.165) is 18.5 Å². The number of para-hydroxylation sites is 1. The number of anilines is 1. The lowest BCUT2D eigenvalue weighted by molar-refractivity contribution is 0.0986. The maximum absolute atomic E-state index is 13.3. The van der Waals surface area contributed by atoms with Crippen molar-refractivity contribution in [1.82, 2.24) is 0 Å². The van der Waals surface area contributed by atoms with E-state index >= 15 is 0 Å². The van der Waals surface area contributed by atoms with Gasteiger partial charge in [0.1, 0.15) is 5.82 Å². The van der Waals surface area contributed by atoms with Gasteiger partial charge in [-0.2, -0.15) is 0 Å². The van der Waals surface area contributed by atoms with Gasteiger partial charge in [-0.05, 0) is 52.7 Å². The van der Waals surface area contributed by atoms with Gasteiger partial charge in [0.05, 0.1) is 4.47 Å². The first-order valence-corrected chi connectivity index (χ1v) is 7.74. The molecule has 0 aliphatic carbocycles. The lowest BCUT2D eigenvalue weighted by Gasteiger charge is -2.23. The highest BCUT2D eigenvalue weighted by molar-refractivity contribution is 9.10. The minimum Gasteiger partial charge on any atom is -0.308 e. The molecule has 0 saturated heterocycles. The number of hydrogen-bond donors (Lipinski definition) is 0. The molecule has 0 radical (unpaired) electrons. The molecule has 1 amide bonds. The predicted octanol–water partition coefficient (Wildman–Crippen LogP) is 5.04. The van der Waals surface area contributed by atoms with Crippen LogP contribution in [0, 0.1) is 5.82 Å². The van der Waals surface area contributed by atoms with Crippen LogP contribution in [0.1, 0.15) is 30.1 Å². The summed E-state index contributed by atoms with van der Waals surface area (Å²) >= 11 is 3.13. The average molecular weight is 350 g/mol. The Morgan fingerprint density at radius 2 is 1.90 bits per heavy atom. The molecule has 2 aromatic rings. The minimum atomic E-state index is -0.369. The highest BCUT2D eigenvalue weighted by Gasteiger charge is 2.18. The fraction of sp³-hybridized carbons (Fsp3) is 0.235. The Balaban J connectivity index is 2.31. The summed E-state index contributed by atoms with van der Waals surface area (Å²) in [5, 5.41) is 0. The zero-order valence-corrected chi connectivity index (χ0v) is 13.4. The molecule has 2 aromatic carbocycles. The molecule has 0 bridgehead atoms. The molecule has 0 saturated carbocycles. The van der Waals surface area contributed by atoms with Crippen LogP contribution in [0.4, 0.5) is 10.1 Å². The Kier molecular flexibility index (Phi) is 5.51. The number of amides is 1.